The van der Waals surface area contributed by atoms with Crippen LogP contribution in [0.15, 0.2) is 46.2 Å². The molecule has 1 fully saturated rings. The Balaban J connectivity index is 1.55. The molecule has 0 radical (unpaired) electrons. The number of thioether (sulfide) groups is 1. The third-order valence-electron chi connectivity index (χ3n) is 4.82. The van der Waals surface area contributed by atoms with E-state index in [-0.39, 0.29) is 21.5 Å². The molecule has 11 heteroatoms. The van der Waals surface area contributed by atoms with Crippen molar-refractivity contribution in [2.24, 2.45) is 0 Å². The molecule has 0 aromatic heterocycles. The number of benzene rings is 2. The highest BCUT2D eigenvalue weighted by Crippen LogP contribution is 2.38. The Morgan fingerprint density at radius 1 is 1.20 bits per heavy atom. The maximum absolute atomic E-state index is 13.3. The van der Waals surface area contributed by atoms with Crippen molar-refractivity contribution in [2.75, 3.05) is 23.1 Å². The van der Waals surface area contributed by atoms with Crippen LogP contribution in [0.5, 0.6) is 0 Å². The van der Waals surface area contributed by atoms with Crippen LogP contribution in [0.3, 0.4) is 0 Å². The van der Waals surface area contributed by atoms with Crippen molar-refractivity contribution in [3.63, 3.8) is 0 Å². The van der Waals surface area contributed by atoms with E-state index in [4.69, 9.17) is 11.6 Å². The molecule has 2 amide bonds. The van der Waals surface area contributed by atoms with Gasteiger partial charge in [-0.2, -0.15) is 0 Å². The molecule has 1 unspecified atom stereocenters. The van der Waals surface area contributed by atoms with Crippen LogP contribution in [0.1, 0.15) is 12.8 Å². The highest BCUT2D eigenvalue weighted by atomic mass is 35.5. The number of halogens is 2. The Hall–Kier alpha value is -2.30. The molecule has 4 rings (SSSR count). The first-order valence-corrected chi connectivity index (χ1v) is 11.9. The first-order chi connectivity index (χ1) is 14.2. The van der Waals surface area contributed by atoms with E-state index in [0.29, 0.717) is 23.7 Å². The summed E-state index contributed by atoms with van der Waals surface area (Å²) < 4.78 is 41.0. The SMILES string of the molecule is O=C1Nc2cc(S(=O)(=O)Nc3ccc(F)c(Cl)c3)ccc2SC1C(=O)N1CCCC1. The summed E-state index contributed by atoms with van der Waals surface area (Å²) in [4.78, 5) is 27.3. The molecule has 0 aliphatic carbocycles. The summed E-state index contributed by atoms with van der Waals surface area (Å²) in [6, 6.07) is 7.73. The molecule has 158 valence electrons. The normalized spacial score (nSPS) is 18.7. The molecule has 0 saturated carbocycles. The van der Waals surface area contributed by atoms with Gasteiger partial charge in [0.1, 0.15) is 5.82 Å². The lowest BCUT2D eigenvalue weighted by Gasteiger charge is -2.27. The largest absolute Gasteiger partial charge is 0.341 e. The Labute approximate surface area is 182 Å². The minimum atomic E-state index is -4.00. The fourth-order valence-electron chi connectivity index (χ4n) is 3.30. The van der Waals surface area contributed by atoms with Crippen molar-refractivity contribution in [1.29, 1.82) is 0 Å². The second-order valence-corrected chi connectivity index (χ2v) is 10.1. The number of amides is 2. The lowest BCUT2D eigenvalue weighted by atomic mass is 10.2. The lowest BCUT2D eigenvalue weighted by Crippen LogP contribution is -2.43. The first kappa shape index (κ1) is 21.0. The summed E-state index contributed by atoms with van der Waals surface area (Å²) in [7, 11) is -4.00. The predicted octanol–water partition coefficient (Wildman–Crippen LogP) is 3.32. The highest BCUT2D eigenvalue weighted by Gasteiger charge is 2.37. The number of nitrogens with zero attached hydrogens (tertiary/aromatic N) is 1. The Morgan fingerprint density at radius 2 is 1.93 bits per heavy atom. The second-order valence-electron chi connectivity index (χ2n) is 6.91. The fourth-order valence-corrected chi connectivity index (χ4v) is 5.60. The molecule has 2 aromatic rings. The number of carbonyl (C=O) groups is 2. The van der Waals surface area contributed by atoms with E-state index in [1.807, 2.05) is 0 Å². The van der Waals surface area contributed by atoms with Crippen LogP contribution in [-0.4, -0.2) is 43.5 Å². The highest BCUT2D eigenvalue weighted by molar-refractivity contribution is 8.01. The van der Waals surface area contributed by atoms with Gasteiger partial charge in [0.25, 0.3) is 10.0 Å². The quantitative estimate of drug-likeness (QED) is 0.670. The Bertz CT molecular complexity index is 1140. The van der Waals surface area contributed by atoms with E-state index in [1.165, 1.54) is 24.3 Å². The van der Waals surface area contributed by atoms with Gasteiger partial charge in [-0.25, -0.2) is 12.8 Å². The molecule has 2 N–H and O–H groups in total. The zero-order valence-electron chi connectivity index (χ0n) is 15.5. The number of fused-ring (bicyclic) bond motifs is 1. The van der Waals surface area contributed by atoms with E-state index >= 15 is 0 Å². The average molecular weight is 470 g/mol. The molecular weight excluding hydrogens is 453 g/mol. The summed E-state index contributed by atoms with van der Waals surface area (Å²) >= 11 is 6.80. The number of likely N-dealkylation sites (tertiary alicyclic amines) is 1. The Kier molecular flexibility index (Phi) is 5.65. The number of hydrogen-bond acceptors (Lipinski definition) is 5. The van der Waals surface area contributed by atoms with Gasteiger partial charge in [-0.1, -0.05) is 11.6 Å². The number of sulfonamides is 1. The van der Waals surface area contributed by atoms with Crippen molar-refractivity contribution in [2.45, 2.75) is 27.9 Å². The van der Waals surface area contributed by atoms with Gasteiger partial charge in [-0.15, -0.1) is 11.8 Å². The van der Waals surface area contributed by atoms with Crippen LogP contribution in [0.2, 0.25) is 5.02 Å². The molecule has 30 heavy (non-hydrogen) atoms. The number of anilines is 2. The van der Waals surface area contributed by atoms with Gasteiger partial charge in [0, 0.05) is 18.0 Å². The summed E-state index contributed by atoms with van der Waals surface area (Å²) in [5.41, 5.74) is 0.421. The molecule has 2 aromatic carbocycles. The van der Waals surface area contributed by atoms with Crippen LogP contribution in [0.25, 0.3) is 0 Å². The summed E-state index contributed by atoms with van der Waals surface area (Å²) in [6.45, 7) is 1.29. The van der Waals surface area contributed by atoms with E-state index in [0.717, 1.165) is 30.7 Å². The van der Waals surface area contributed by atoms with E-state index in [2.05, 4.69) is 10.0 Å². The summed E-state index contributed by atoms with van der Waals surface area (Å²) in [6.07, 6.45) is 1.85. The van der Waals surface area contributed by atoms with Crippen molar-refractivity contribution in [1.82, 2.24) is 4.90 Å². The average Bonchev–Trinajstić information content (AvgIpc) is 3.24. The Morgan fingerprint density at radius 3 is 2.63 bits per heavy atom. The fraction of sp³-hybridized carbons (Fsp3) is 0.263. The standard InChI is InChI=1S/C19H17ClFN3O4S2/c20-13-9-11(3-5-14(13)21)23-30(27,28)12-4-6-16-15(10-12)22-18(25)17(29-16)19(26)24-7-1-2-8-24/h3-6,9-10,17,23H,1-2,7-8H2,(H,22,25). The predicted molar refractivity (Wildman–Crippen MR) is 113 cm³/mol. The van der Waals surface area contributed by atoms with Crippen molar-refractivity contribution < 1.29 is 22.4 Å². The molecule has 0 bridgehead atoms. The minimum Gasteiger partial charge on any atom is -0.341 e. The van der Waals surface area contributed by atoms with Gasteiger partial charge in [0.15, 0.2) is 5.25 Å². The van der Waals surface area contributed by atoms with Crippen molar-refractivity contribution in [3.05, 3.63) is 47.2 Å². The number of hydrogen-bond donors (Lipinski definition) is 2. The van der Waals surface area contributed by atoms with Crippen molar-refractivity contribution in [3.8, 4) is 0 Å². The molecule has 2 heterocycles. The van der Waals surface area contributed by atoms with Gasteiger partial charge >= 0.3 is 0 Å². The maximum atomic E-state index is 13.3. The molecule has 7 nitrogen and oxygen atoms in total. The maximum Gasteiger partial charge on any atom is 0.261 e. The zero-order valence-corrected chi connectivity index (χ0v) is 17.9. The zero-order chi connectivity index (χ0) is 21.5. The number of nitrogens with one attached hydrogen (secondary N) is 2. The molecule has 0 spiro atoms. The molecule has 2 aliphatic rings. The van der Waals surface area contributed by atoms with Gasteiger partial charge in [0.05, 0.1) is 21.3 Å². The van der Waals surface area contributed by atoms with Crippen LogP contribution < -0.4 is 10.0 Å². The molecule has 1 atom stereocenters. The second kappa shape index (κ2) is 8.09. The van der Waals surface area contributed by atoms with Gasteiger partial charge in [0.2, 0.25) is 11.8 Å². The lowest BCUT2D eigenvalue weighted by molar-refractivity contribution is -0.133. The van der Waals surface area contributed by atoms with Crippen LogP contribution in [0, 0.1) is 5.82 Å². The summed E-state index contributed by atoms with van der Waals surface area (Å²) in [5, 5.41) is 1.54. The number of carbonyl (C=O) groups excluding carboxylic acids is 2. The summed E-state index contributed by atoms with van der Waals surface area (Å²) in [5.74, 6) is -1.37. The minimum absolute atomic E-state index is 0.0908. The monoisotopic (exact) mass is 469 g/mol. The molecule has 2 aliphatic heterocycles. The van der Waals surface area contributed by atoms with E-state index < -0.39 is 27.0 Å². The van der Waals surface area contributed by atoms with Gasteiger partial charge in [-0.05, 0) is 49.2 Å². The topological polar surface area (TPSA) is 95.6 Å². The number of rotatable bonds is 4. The third kappa shape index (κ3) is 4.12. The first-order valence-electron chi connectivity index (χ1n) is 9.13. The van der Waals surface area contributed by atoms with Crippen LogP contribution in [-0.2, 0) is 19.6 Å². The molecular formula is C19H17ClFN3O4S2. The van der Waals surface area contributed by atoms with Gasteiger partial charge in [-0.3, -0.25) is 14.3 Å². The van der Waals surface area contributed by atoms with E-state index in [9.17, 15) is 22.4 Å². The van der Waals surface area contributed by atoms with Gasteiger partial charge < -0.3 is 10.2 Å². The smallest absolute Gasteiger partial charge is 0.261 e. The third-order valence-corrected chi connectivity index (χ3v) is 7.75. The molecule has 1 saturated heterocycles. The van der Waals surface area contributed by atoms with E-state index in [1.54, 1.807) is 11.0 Å². The van der Waals surface area contributed by atoms with Crippen molar-refractivity contribution >= 4 is 56.6 Å². The van der Waals surface area contributed by atoms with Crippen LogP contribution in [0.4, 0.5) is 15.8 Å². The van der Waals surface area contributed by atoms with Crippen LogP contribution >= 0.6 is 23.4 Å².